The van der Waals surface area contributed by atoms with Crippen LogP contribution in [-0.4, -0.2) is 35.9 Å². The second-order valence-electron chi connectivity index (χ2n) is 6.34. The summed E-state index contributed by atoms with van der Waals surface area (Å²) in [4.78, 5) is 28.3. The number of rotatable bonds is 11. The van der Waals surface area contributed by atoms with Gasteiger partial charge in [0.2, 0.25) is 5.95 Å². The average Bonchev–Trinajstić information content (AvgIpc) is 2.70. The van der Waals surface area contributed by atoms with Crippen LogP contribution in [0.1, 0.15) is 36.0 Å². The number of para-hydroxylation sites is 1. The van der Waals surface area contributed by atoms with Crippen molar-refractivity contribution in [1.29, 1.82) is 0 Å². The van der Waals surface area contributed by atoms with E-state index < -0.39 is 47.7 Å². The smallest absolute Gasteiger partial charge is 0.253 e. The highest BCUT2D eigenvalue weighted by Gasteiger charge is 2.23. The number of nitrogens with one attached hydrogen (secondary N) is 1. The molecule has 3 N–H and O–H groups in total. The number of nitrogens with zero attached hydrogens (tertiary/aromatic N) is 1. The maximum absolute atomic E-state index is 13.7. The monoisotopic (exact) mass is 409 g/mol. The van der Waals surface area contributed by atoms with E-state index in [0.717, 1.165) is 37.2 Å². The third-order valence-electron chi connectivity index (χ3n) is 4.16. The van der Waals surface area contributed by atoms with Gasteiger partial charge in [0.25, 0.3) is 5.91 Å². The van der Waals surface area contributed by atoms with Gasteiger partial charge in [-0.05, 0) is 43.7 Å². The minimum atomic E-state index is -0.944. The molecule has 0 saturated carbocycles. The first kappa shape index (κ1) is 22.4. The highest BCUT2D eigenvalue weighted by Crippen LogP contribution is 2.21. The molecule has 0 fully saturated rings. The van der Waals surface area contributed by atoms with Crippen LogP contribution >= 0.6 is 0 Å². The van der Waals surface area contributed by atoms with Gasteiger partial charge in [-0.25, -0.2) is 13.8 Å². The Kier molecular flexibility index (Phi) is 8.60. The first-order chi connectivity index (χ1) is 13.9. The van der Waals surface area contributed by atoms with Gasteiger partial charge in [0, 0.05) is 6.20 Å². The topological polar surface area (TPSA) is 94.3 Å². The van der Waals surface area contributed by atoms with Crippen LogP contribution in [0.5, 0.6) is 5.75 Å². The lowest BCUT2D eigenvalue weighted by Gasteiger charge is -2.18. The van der Waals surface area contributed by atoms with Crippen LogP contribution in [0.25, 0.3) is 0 Å². The number of hydrogen-bond acceptors (Lipinski definition) is 5. The standard InChI is InChI=1S/C20H22F3N3O3/c21-14-5-4-6-15(22)19(14)29-12-17(27)16(7-2-1-3-10-24)26-20(28)13-8-9-18(23)25-11-13/h4-6,8-9,11,16H,1-3,7,10,12,24H2,(H,26,28)/t16-/m0/s1. The van der Waals surface area contributed by atoms with E-state index in [1.165, 1.54) is 12.1 Å². The molecular weight excluding hydrogens is 387 g/mol. The molecule has 156 valence electrons. The molecule has 9 heteroatoms. The average molecular weight is 409 g/mol. The number of pyridine rings is 1. The quantitative estimate of drug-likeness (QED) is 0.440. The van der Waals surface area contributed by atoms with Crippen molar-refractivity contribution in [1.82, 2.24) is 10.3 Å². The Bertz CT molecular complexity index is 811. The minimum absolute atomic E-state index is 0.0761. The highest BCUT2D eigenvalue weighted by molar-refractivity contribution is 5.98. The van der Waals surface area contributed by atoms with Gasteiger partial charge < -0.3 is 15.8 Å². The van der Waals surface area contributed by atoms with Crippen molar-refractivity contribution >= 4 is 11.7 Å². The number of Topliss-reactive ketones (excluding diaryl/α,β-unsaturated/α-hetero) is 1. The maximum Gasteiger partial charge on any atom is 0.253 e. The molecule has 0 unspecified atom stereocenters. The molecule has 29 heavy (non-hydrogen) atoms. The summed E-state index contributed by atoms with van der Waals surface area (Å²) in [5.41, 5.74) is 5.53. The van der Waals surface area contributed by atoms with E-state index >= 15 is 0 Å². The number of halogens is 3. The summed E-state index contributed by atoms with van der Waals surface area (Å²) in [5, 5.41) is 2.55. The van der Waals surface area contributed by atoms with Crippen LogP contribution in [0.2, 0.25) is 0 Å². The molecule has 0 radical (unpaired) electrons. The lowest BCUT2D eigenvalue weighted by atomic mass is 10.0. The molecule has 0 aliphatic heterocycles. The molecule has 1 atom stereocenters. The molecule has 0 saturated heterocycles. The van der Waals surface area contributed by atoms with Crippen molar-refractivity contribution in [3.05, 3.63) is 59.7 Å². The van der Waals surface area contributed by atoms with E-state index in [2.05, 4.69) is 10.3 Å². The molecule has 0 bridgehead atoms. The van der Waals surface area contributed by atoms with Crippen molar-refractivity contribution in [2.45, 2.75) is 31.7 Å². The van der Waals surface area contributed by atoms with E-state index in [1.807, 2.05) is 0 Å². The SMILES string of the molecule is NCCCCC[C@H](NC(=O)c1ccc(F)nc1)C(=O)COc1c(F)cccc1F. The molecular formula is C20H22F3N3O3. The Balaban J connectivity index is 2.04. The largest absolute Gasteiger partial charge is 0.480 e. The Morgan fingerprint density at radius 3 is 2.41 bits per heavy atom. The molecule has 2 rings (SSSR count). The zero-order valence-corrected chi connectivity index (χ0v) is 15.7. The molecule has 1 aromatic heterocycles. The number of unbranched alkanes of at least 4 members (excludes halogenated alkanes) is 2. The molecule has 1 aromatic carbocycles. The fourth-order valence-corrected chi connectivity index (χ4v) is 2.60. The fourth-order valence-electron chi connectivity index (χ4n) is 2.60. The first-order valence-corrected chi connectivity index (χ1v) is 9.14. The Morgan fingerprint density at radius 1 is 1.07 bits per heavy atom. The van der Waals surface area contributed by atoms with Crippen molar-refractivity contribution in [2.75, 3.05) is 13.2 Å². The van der Waals surface area contributed by atoms with Crippen molar-refractivity contribution in [3.8, 4) is 5.75 Å². The highest BCUT2D eigenvalue weighted by atomic mass is 19.1. The van der Waals surface area contributed by atoms with Crippen LogP contribution in [0.4, 0.5) is 13.2 Å². The summed E-state index contributed by atoms with van der Waals surface area (Å²) in [6.07, 6.45) is 3.45. The number of benzene rings is 1. The van der Waals surface area contributed by atoms with Crippen molar-refractivity contribution < 1.29 is 27.5 Å². The summed E-state index contributed by atoms with van der Waals surface area (Å²) in [6.45, 7) is -0.122. The number of hydrogen-bond donors (Lipinski definition) is 2. The predicted molar refractivity (Wildman–Crippen MR) is 99.8 cm³/mol. The zero-order chi connectivity index (χ0) is 21.2. The van der Waals surface area contributed by atoms with Crippen LogP contribution < -0.4 is 15.8 Å². The van der Waals surface area contributed by atoms with Gasteiger partial charge in [-0.2, -0.15) is 4.39 Å². The number of ketones is 1. The zero-order valence-electron chi connectivity index (χ0n) is 15.7. The lowest BCUT2D eigenvalue weighted by molar-refractivity contribution is -0.123. The Hall–Kier alpha value is -2.94. The molecule has 1 amide bonds. The van der Waals surface area contributed by atoms with Gasteiger partial charge in [0.05, 0.1) is 11.6 Å². The van der Waals surface area contributed by atoms with E-state index in [9.17, 15) is 22.8 Å². The first-order valence-electron chi connectivity index (χ1n) is 9.14. The number of carbonyl (C=O) groups excluding carboxylic acids is 2. The normalized spacial score (nSPS) is 11.7. The van der Waals surface area contributed by atoms with Gasteiger partial charge in [0.1, 0.15) is 6.61 Å². The second kappa shape index (κ2) is 11.2. The molecule has 6 nitrogen and oxygen atoms in total. The summed E-state index contributed by atoms with van der Waals surface area (Å²) in [6, 6.07) is 4.51. The van der Waals surface area contributed by atoms with Crippen LogP contribution in [0.3, 0.4) is 0 Å². The molecule has 1 heterocycles. The van der Waals surface area contributed by atoms with Crippen LogP contribution in [-0.2, 0) is 4.79 Å². The van der Waals surface area contributed by atoms with Gasteiger partial charge >= 0.3 is 0 Å². The fraction of sp³-hybridized carbons (Fsp3) is 0.350. The van der Waals surface area contributed by atoms with Crippen LogP contribution in [0, 0.1) is 17.6 Å². The number of carbonyl (C=O) groups is 2. The van der Waals surface area contributed by atoms with Crippen LogP contribution in [0.15, 0.2) is 36.5 Å². The van der Waals surface area contributed by atoms with Gasteiger partial charge in [-0.1, -0.05) is 18.9 Å². The van der Waals surface area contributed by atoms with E-state index in [0.29, 0.717) is 19.4 Å². The molecule has 2 aromatic rings. The third-order valence-corrected chi connectivity index (χ3v) is 4.16. The summed E-state index contributed by atoms with van der Waals surface area (Å²) in [7, 11) is 0. The van der Waals surface area contributed by atoms with Gasteiger partial charge in [-0.15, -0.1) is 0 Å². The number of nitrogens with two attached hydrogens (primary N) is 1. The summed E-state index contributed by atoms with van der Waals surface area (Å²) < 4.78 is 45.2. The molecule has 0 aliphatic rings. The van der Waals surface area contributed by atoms with E-state index in [1.54, 1.807) is 0 Å². The minimum Gasteiger partial charge on any atom is -0.480 e. The van der Waals surface area contributed by atoms with E-state index in [4.69, 9.17) is 10.5 Å². The van der Waals surface area contributed by atoms with Gasteiger partial charge in [0.15, 0.2) is 23.2 Å². The maximum atomic E-state index is 13.7. The van der Waals surface area contributed by atoms with Crippen molar-refractivity contribution in [3.63, 3.8) is 0 Å². The lowest BCUT2D eigenvalue weighted by Crippen LogP contribution is -2.43. The Labute approximate surface area is 166 Å². The number of amides is 1. The molecule has 0 aliphatic carbocycles. The second-order valence-corrected chi connectivity index (χ2v) is 6.34. The van der Waals surface area contributed by atoms with Gasteiger partial charge in [-0.3, -0.25) is 9.59 Å². The third kappa shape index (κ3) is 6.86. The summed E-state index contributed by atoms with van der Waals surface area (Å²) in [5.74, 6) is -4.43. The predicted octanol–water partition coefficient (Wildman–Crippen LogP) is 2.76. The summed E-state index contributed by atoms with van der Waals surface area (Å²) >= 11 is 0. The molecule has 0 spiro atoms. The Morgan fingerprint density at radius 2 is 1.79 bits per heavy atom. The number of aromatic nitrogens is 1. The van der Waals surface area contributed by atoms with Crippen molar-refractivity contribution in [2.24, 2.45) is 5.73 Å². The number of ether oxygens (including phenoxy) is 1. The van der Waals surface area contributed by atoms with E-state index in [-0.39, 0.29) is 5.56 Å².